The minimum Gasteiger partial charge on any atom is -0.492 e. The van der Waals surface area contributed by atoms with E-state index in [1.54, 1.807) is 0 Å². The third-order valence-corrected chi connectivity index (χ3v) is 3.29. The summed E-state index contributed by atoms with van der Waals surface area (Å²) in [6, 6.07) is 5.64. The minimum atomic E-state index is -0.475. The molecule has 1 aliphatic rings. The van der Waals surface area contributed by atoms with Crippen LogP contribution >= 0.6 is 31.9 Å². The monoisotopic (exact) mass is 306 g/mol. The molecule has 0 spiro atoms. The molecule has 2 nitrogen and oxygen atoms in total. The van der Waals surface area contributed by atoms with Gasteiger partial charge in [-0.1, -0.05) is 37.9 Å². The maximum Gasteiger partial charge on any atom is 0.126 e. The Morgan fingerprint density at radius 1 is 1.46 bits per heavy atom. The van der Waals surface area contributed by atoms with Gasteiger partial charge in [-0.05, 0) is 12.1 Å². The van der Waals surface area contributed by atoms with Gasteiger partial charge in [0, 0.05) is 10.0 Å². The summed E-state index contributed by atoms with van der Waals surface area (Å²) in [4.78, 5) is -0.0128. The average Bonchev–Trinajstić information content (AvgIpc) is 2.12. The highest BCUT2D eigenvalue weighted by atomic mass is 79.9. The van der Waals surface area contributed by atoms with E-state index in [0.717, 1.165) is 15.8 Å². The van der Waals surface area contributed by atoms with Gasteiger partial charge in [-0.25, -0.2) is 0 Å². The predicted molar refractivity (Wildman–Crippen MR) is 57.3 cm³/mol. The van der Waals surface area contributed by atoms with Crippen LogP contribution in [0, 0.1) is 0 Å². The van der Waals surface area contributed by atoms with Gasteiger partial charge in [-0.3, -0.25) is 0 Å². The number of ether oxygens (including phenoxy) is 1. The lowest BCUT2D eigenvalue weighted by molar-refractivity contribution is 0.125. The van der Waals surface area contributed by atoms with Crippen LogP contribution in [-0.4, -0.2) is 16.5 Å². The number of hydrogen-bond acceptors (Lipinski definition) is 2. The first kappa shape index (κ1) is 9.49. The molecule has 0 aliphatic carbocycles. The van der Waals surface area contributed by atoms with Crippen LogP contribution in [0.15, 0.2) is 22.7 Å². The molecular weight excluding hydrogens is 300 g/mol. The van der Waals surface area contributed by atoms with Crippen LogP contribution in [0.2, 0.25) is 0 Å². The van der Waals surface area contributed by atoms with Gasteiger partial charge < -0.3 is 9.84 Å². The Hall–Kier alpha value is -0.0600. The first-order chi connectivity index (χ1) is 6.18. The number of halogens is 2. The second kappa shape index (κ2) is 3.59. The van der Waals surface area contributed by atoms with Crippen molar-refractivity contribution in [1.29, 1.82) is 0 Å². The Kier molecular flexibility index (Phi) is 2.62. The Bertz CT molecular complexity index is 327. The lowest BCUT2D eigenvalue weighted by atomic mass is 10.0. The topological polar surface area (TPSA) is 29.5 Å². The summed E-state index contributed by atoms with van der Waals surface area (Å²) < 4.78 is 6.41. The maximum absolute atomic E-state index is 9.78. The zero-order chi connectivity index (χ0) is 9.42. The maximum atomic E-state index is 9.78. The van der Waals surface area contributed by atoms with E-state index in [9.17, 15) is 5.11 Å². The van der Waals surface area contributed by atoms with Gasteiger partial charge in [0.2, 0.25) is 0 Å². The first-order valence-electron chi connectivity index (χ1n) is 3.93. The highest BCUT2D eigenvalue weighted by Crippen LogP contribution is 2.36. The zero-order valence-corrected chi connectivity index (χ0v) is 9.88. The van der Waals surface area contributed by atoms with E-state index in [1.165, 1.54) is 0 Å². The molecule has 2 atom stereocenters. The van der Waals surface area contributed by atoms with Crippen molar-refractivity contribution in [3.8, 4) is 5.75 Å². The molecule has 2 rings (SSSR count). The van der Waals surface area contributed by atoms with Crippen molar-refractivity contribution in [3.63, 3.8) is 0 Å². The Balaban J connectivity index is 2.44. The standard InChI is InChI=1S/C9H8Br2O2/c10-5-1-2-6-8(3-5)13-4-7(11)9(6)12/h1-3,7,9,12H,4H2/t7-,9+/m1/s1. The van der Waals surface area contributed by atoms with Crippen LogP contribution in [0.3, 0.4) is 0 Å². The molecule has 0 bridgehead atoms. The van der Waals surface area contributed by atoms with Gasteiger partial charge in [0.25, 0.3) is 0 Å². The van der Waals surface area contributed by atoms with Gasteiger partial charge >= 0.3 is 0 Å². The van der Waals surface area contributed by atoms with Crippen LogP contribution in [0.4, 0.5) is 0 Å². The molecule has 0 unspecified atom stereocenters. The molecule has 0 aromatic heterocycles. The predicted octanol–water partition coefficient (Wildman–Crippen LogP) is 2.64. The summed E-state index contributed by atoms with van der Waals surface area (Å²) in [6.45, 7) is 0.505. The van der Waals surface area contributed by atoms with Crippen LogP contribution in [0.5, 0.6) is 5.75 Å². The fourth-order valence-electron chi connectivity index (χ4n) is 1.33. The second-order valence-corrected chi connectivity index (χ2v) is 5.05. The number of fused-ring (bicyclic) bond motifs is 1. The van der Waals surface area contributed by atoms with Gasteiger partial charge in [0.15, 0.2) is 0 Å². The van der Waals surface area contributed by atoms with E-state index in [4.69, 9.17) is 4.74 Å². The van der Waals surface area contributed by atoms with Crippen molar-refractivity contribution in [3.05, 3.63) is 28.2 Å². The van der Waals surface area contributed by atoms with E-state index in [-0.39, 0.29) is 4.83 Å². The van der Waals surface area contributed by atoms with Crippen molar-refractivity contribution < 1.29 is 9.84 Å². The summed E-state index contributed by atoms with van der Waals surface area (Å²) in [5.74, 6) is 0.762. The van der Waals surface area contributed by atoms with Crippen molar-refractivity contribution in [2.45, 2.75) is 10.9 Å². The Morgan fingerprint density at radius 2 is 2.23 bits per heavy atom. The molecule has 1 N–H and O–H groups in total. The molecule has 1 aromatic carbocycles. The van der Waals surface area contributed by atoms with E-state index in [0.29, 0.717) is 6.61 Å². The molecule has 1 aromatic rings. The third-order valence-electron chi connectivity index (χ3n) is 2.03. The number of hydrogen-bond donors (Lipinski definition) is 1. The third kappa shape index (κ3) is 1.75. The molecule has 70 valence electrons. The van der Waals surface area contributed by atoms with Crippen molar-refractivity contribution in [1.82, 2.24) is 0 Å². The molecule has 1 aliphatic heterocycles. The van der Waals surface area contributed by atoms with E-state index < -0.39 is 6.10 Å². The number of rotatable bonds is 0. The molecule has 0 saturated carbocycles. The molecule has 13 heavy (non-hydrogen) atoms. The average molecular weight is 308 g/mol. The summed E-state index contributed by atoms with van der Waals surface area (Å²) >= 11 is 6.71. The second-order valence-electron chi connectivity index (χ2n) is 2.95. The summed E-state index contributed by atoms with van der Waals surface area (Å²) in [6.07, 6.45) is -0.475. The highest BCUT2D eigenvalue weighted by Gasteiger charge is 2.27. The zero-order valence-electron chi connectivity index (χ0n) is 6.71. The van der Waals surface area contributed by atoms with Gasteiger partial charge in [0.05, 0.1) is 10.9 Å². The van der Waals surface area contributed by atoms with E-state index in [2.05, 4.69) is 31.9 Å². The lowest BCUT2D eigenvalue weighted by Gasteiger charge is -2.26. The number of aliphatic hydroxyl groups excluding tert-OH is 1. The highest BCUT2D eigenvalue weighted by molar-refractivity contribution is 9.10. The molecule has 1 heterocycles. The van der Waals surface area contributed by atoms with Crippen LogP contribution in [-0.2, 0) is 0 Å². The molecule has 0 radical (unpaired) electrons. The summed E-state index contributed by atoms with van der Waals surface area (Å²) in [5, 5.41) is 9.78. The van der Waals surface area contributed by atoms with E-state index in [1.807, 2.05) is 18.2 Å². The number of benzene rings is 1. The normalized spacial score (nSPS) is 26.4. The SMILES string of the molecule is O[C@H]1c2ccc(Br)cc2OC[C@H]1Br. The number of aliphatic hydroxyl groups is 1. The first-order valence-corrected chi connectivity index (χ1v) is 5.64. The quantitative estimate of drug-likeness (QED) is 0.747. The molecular formula is C9H8Br2O2. The fraction of sp³-hybridized carbons (Fsp3) is 0.333. The van der Waals surface area contributed by atoms with E-state index >= 15 is 0 Å². The molecule has 0 fully saturated rings. The minimum absolute atomic E-state index is 0.0128. The summed E-state index contributed by atoms with van der Waals surface area (Å²) in [7, 11) is 0. The molecule has 0 saturated heterocycles. The molecule has 4 heteroatoms. The largest absolute Gasteiger partial charge is 0.492 e. The van der Waals surface area contributed by atoms with Crippen molar-refractivity contribution >= 4 is 31.9 Å². The fourth-order valence-corrected chi connectivity index (χ4v) is 2.09. The number of alkyl halides is 1. The Morgan fingerprint density at radius 3 is 3.00 bits per heavy atom. The van der Waals surface area contributed by atoms with Crippen LogP contribution < -0.4 is 4.74 Å². The lowest BCUT2D eigenvalue weighted by Crippen LogP contribution is -2.25. The smallest absolute Gasteiger partial charge is 0.126 e. The van der Waals surface area contributed by atoms with Crippen molar-refractivity contribution in [2.24, 2.45) is 0 Å². The van der Waals surface area contributed by atoms with Crippen LogP contribution in [0.1, 0.15) is 11.7 Å². The van der Waals surface area contributed by atoms with Gasteiger partial charge in [-0.15, -0.1) is 0 Å². The van der Waals surface area contributed by atoms with Crippen molar-refractivity contribution in [2.75, 3.05) is 6.61 Å². The van der Waals surface area contributed by atoms with Gasteiger partial charge in [0.1, 0.15) is 12.4 Å². The Labute approximate surface area is 93.2 Å². The van der Waals surface area contributed by atoms with Crippen LogP contribution in [0.25, 0.3) is 0 Å². The summed E-state index contributed by atoms with van der Waals surface area (Å²) in [5.41, 5.74) is 0.844. The van der Waals surface area contributed by atoms with Gasteiger partial charge in [-0.2, -0.15) is 0 Å². The molecule has 0 amide bonds.